The van der Waals surface area contributed by atoms with E-state index in [2.05, 4.69) is 10.3 Å². The zero-order chi connectivity index (χ0) is 13.5. The molecule has 0 bridgehead atoms. The van der Waals surface area contributed by atoms with Crippen LogP contribution in [0.1, 0.15) is 11.1 Å². The molecule has 0 amide bonds. The number of hydrogen-bond donors (Lipinski definition) is 1. The van der Waals surface area contributed by atoms with Crippen LogP contribution in [-0.4, -0.2) is 19.1 Å². The van der Waals surface area contributed by atoms with Crippen LogP contribution in [-0.2, 0) is 18.0 Å². The molecule has 0 aliphatic heterocycles. The Hall–Kier alpha value is -2.07. The highest BCUT2D eigenvalue weighted by Crippen LogP contribution is 2.14. The lowest BCUT2D eigenvalue weighted by molar-refractivity contribution is 0.107. The molecule has 2 aromatic rings. The second kappa shape index (κ2) is 6.75. The van der Waals surface area contributed by atoms with Crippen LogP contribution < -0.4 is 10.1 Å². The van der Waals surface area contributed by atoms with E-state index < -0.39 is 0 Å². The third kappa shape index (κ3) is 3.96. The van der Waals surface area contributed by atoms with Gasteiger partial charge in [0, 0.05) is 13.2 Å². The lowest BCUT2D eigenvalue weighted by Gasteiger charge is -2.06. The Morgan fingerprint density at radius 2 is 1.95 bits per heavy atom. The van der Waals surface area contributed by atoms with Gasteiger partial charge in [0.05, 0.1) is 20.3 Å². The predicted molar refractivity (Wildman–Crippen MR) is 75.3 cm³/mol. The summed E-state index contributed by atoms with van der Waals surface area (Å²) in [7, 11) is 3.51. The summed E-state index contributed by atoms with van der Waals surface area (Å²) in [6, 6.07) is 11.8. The summed E-state index contributed by atoms with van der Waals surface area (Å²) in [6.07, 6.45) is 1.82. The van der Waals surface area contributed by atoms with Gasteiger partial charge in [-0.05, 0) is 29.3 Å². The van der Waals surface area contributed by atoms with E-state index in [0.717, 1.165) is 22.7 Å². The largest absolute Gasteiger partial charge is 0.497 e. The van der Waals surface area contributed by atoms with Crippen molar-refractivity contribution in [1.82, 2.24) is 4.98 Å². The van der Waals surface area contributed by atoms with Crippen molar-refractivity contribution in [2.75, 3.05) is 19.5 Å². The molecule has 0 fully saturated rings. The fourth-order valence-electron chi connectivity index (χ4n) is 1.71. The topological polar surface area (TPSA) is 43.4 Å². The van der Waals surface area contributed by atoms with Crippen molar-refractivity contribution in [3.8, 4) is 5.75 Å². The molecular weight excluding hydrogens is 240 g/mol. The van der Waals surface area contributed by atoms with Crippen LogP contribution in [0.4, 0.5) is 5.82 Å². The molecule has 2 rings (SSSR count). The molecule has 1 heterocycles. The molecule has 0 radical (unpaired) electrons. The van der Waals surface area contributed by atoms with Crippen molar-refractivity contribution in [1.29, 1.82) is 0 Å². The number of rotatable bonds is 6. The minimum Gasteiger partial charge on any atom is -0.497 e. The summed E-state index contributed by atoms with van der Waals surface area (Å²) < 4.78 is 10.8. The SMILES string of the molecule is CNc1ccc(COCc2cccc(OC)c2)cn1. The molecule has 0 aliphatic carbocycles. The Kier molecular flexibility index (Phi) is 4.75. The third-order valence-corrected chi connectivity index (χ3v) is 2.75. The molecule has 1 aromatic heterocycles. The molecule has 1 N–H and O–H groups in total. The first-order valence-electron chi connectivity index (χ1n) is 6.15. The lowest BCUT2D eigenvalue weighted by Crippen LogP contribution is -1.97. The standard InChI is InChI=1S/C15H18N2O2/c1-16-15-7-6-13(9-17-15)11-19-10-12-4-3-5-14(8-12)18-2/h3-9H,10-11H2,1-2H3,(H,16,17). The first kappa shape index (κ1) is 13.4. The fourth-order valence-corrected chi connectivity index (χ4v) is 1.71. The highest BCUT2D eigenvalue weighted by molar-refractivity contribution is 5.34. The molecule has 4 heteroatoms. The van der Waals surface area contributed by atoms with Gasteiger partial charge in [0.1, 0.15) is 11.6 Å². The van der Waals surface area contributed by atoms with Crippen LogP contribution in [0.3, 0.4) is 0 Å². The van der Waals surface area contributed by atoms with Crippen LogP contribution >= 0.6 is 0 Å². The smallest absolute Gasteiger partial charge is 0.125 e. The van der Waals surface area contributed by atoms with E-state index in [1.54, 1.807) is 7.11 Å². The second-order valence-corrected chi connectivity index (χ2v) is 4.15. The fraction of sp³-hybridized carbons (Fsp3) is 0.267. The molecule has 0 saturated carbocycles. The molecule has 1 aromatic carbocycles. The van der Waals surface area contributed by atoms with E-state index in [4.69, 9.17) is 9.47 Å². The quantitative estimate of drug-likeness (QED) is 0.865. The van der Waals surface area contributed by atoms with Gasteiger partial charge in [-0.25, -0.2) is 4.98 Å². The number of aromatic nitrogens is 1. The van der Waals surface area contributed by atoms with Crippen molar-refractivity contribution in [3.05, 3.63) is 53.7 Å². The Balaban J connectivity index is 1.85. The maximum atomic E-state index is 5.66. The van der Waals surface area contributed by atoms with Crippen LogP contribution in [0.15, 0.2) is 42.6 Å². The Bertz CT molecular complexity index is 512. The van der Waals surface area contributed by atoms with Gasteiger partial charge < -0.3 is 14.8 Å². The molecule has 4 nitrogen and oxygen atoms in total. The predicted octanol–water partition coefficient (Wildman–Crippen LogP) is 2.85. The van der Waals surface area contributed by atoms with Gasteiger partial charge in [-0.2, -0.15) is 0 Å². The van der Waals surface area contributed by atoms with Crippen LogP contribution in [0.5, 0.6) is 5.75 Å². The summed E-state index contributed by atoms with van der Waals surface area (Å²) in [5.74, 6) is 1.71. The number of methoxy groups -OCH3 is 1. The second-order valence-electron chi connectivity index (χ2n) is 4.15. The number of hydrogen-bond acceptors (Lipinski definition) is 4. The average Bonchev–Trinajstić information content (AvgIpc) is 2.48. The summed E-state index contributed by atoms with van der Waals surface area (Å²) in [5, 5.41) is 2.98. The summed E-state index contributed by atoms with van der Waals surface area (Å²) >= 11 is 0. The zero-order valence-electron chi connectivity index (χ0n) is 11.2. The Labute approximate surface area is 113 Å². The van der Waals surface area contributed by atoms with E-state index in [1.165, 1.54) is 0 Å². The molecule has 0 spiro atoms. The van der Waals surface area contributed by atoms with Crippen molar-refractivity contribution in [2.24, 2.45) is 0 Å². The van der Waals surface area contributed by atoms with E-state index in [0.29, 0.717) is 13.2 Å². The average molecular weight is 258 g/mol. The first-order chi connectivity index (χ1) is 9.31. The molecule has 0 saturated heterocycles. The van der Waals surface area contributed by atoms with Crippen molar-refractivity contribution in [2.45, 2.75) is 13.2 Å². The first-order valence-corrected chi connectivity index (χ1v) is 6.15. The monoisotopic (exact) mass is 258 g/mol. The molecule has 0 unspecified atom stereocenters. The summed E-state index contributed by atoms with van der Waals surface area (Å²) in [5.41, 5.74) is 2.15. The van der Waals surface area contributed by atoms with Crippen molar-refractivity contribution < 1.29 is 9.47 Å². The maximum absolute atomic E-state index is 5.66. The summed E-state index contributed by atoms with van der Waals surface area (Å²) in [6.45, 7) is 1.11. The maximum Gasteiger partial charge on any atom is 0.125 e. The number of anilines is 1. The number of nitrogens with one attached hydrogen (secondary N) is 1. The minimum absolute atomic E-state index is 0.550. The number of ether oxygens (including phenoxy) is 2. The zero-order valence-corrected chi connectivity index (χ0v) is 11.2. The van der Waals surface area contributed by atoms with Crippen molar-refractivity contribution in [3.63, 3.8) is 0 Å². The van der Waals surface area contributed by atoms with Gasteiger partial charge in [0.15, 0.2) is 0 Å². The number of nitrogens with zero attached hydrogens (tertiary/aromatic N) is 1. The third-order valence-electron chi connectivity index (χ3n) is 2.75. The van der Waals surface area contributed by atoms with E-state index in [1.807, 2.05) is 49.6 Å². The highest BCUT2D eigenvalue weighted by atomic mass is 16.5. The molecule has 100 valence electrons. The molecular formula is C15H18N2O2. The Morgan fingerprint density at radius 1 is 1.11 bits per heavy atom. The molecule has 0 atom stereocenters. The van der Waals surface area contributed by atoms with Gasteiger partial charge >= 0.3 is 0 Å². The lowest BCUT2D eigenvalue weighted by atomic mass is 10.2. The van der Waals surface area contributed by atoms with Crippen LogP contribution in [0, 0.1) is 0 Å². The normalized spacial score (nSPS) is 10.2. The minimum atomic E-state index is 0.550. The van der Waals surface area contributed by atoms with E-state index in [9.17, 15) is 0 Å². The van der Waals surface area contributed by atoms with Gasteiger partial charge in [0.25, 0.3) is 0 Å². The van der Waals surface area contributed by atoms with Crippen LogP contribution in [0.25, 0.3) is 0 Å². The van der Waals surface area contributed by atoms with Crippen molar-refractivity contribution >= 4 is 5.82 Å². The van der Waals surface area contributed by atoms with Crippen LogP contribution in [0.2, 0.25) is 0 Å². The molecule has 0 aliphatic rings. The van der Waals surface area contributed by atoms with Gasteiger partial charge in [-0.1, -0.05) is 18.2 Å². The van der Waals surface area contributed by atoms with Gasteiger partial charge in [-0.3, -0.25) is 0 Å². The highest BCUT2D eigenvalue weighted by Gasteiger charge is 1.98. The van der Waals surface area contributed by atoms with E-state index >= 15 is 0 Å². The molecule has 19 heavy (non-hydrogen) atoms. The van der Waals surface area contributed by atoms with Gasteiger partial charge in [-0.15, -0.1) is 0 Å². The summed E-state index contributed by atoms with van der Waals surface area (Å²) in [4.78, 5) is 4.24. The number of benzene rings is 1. The van der Waals surface area contributed by atoms with E-state index in [-0.39, 0.29) is 0 Å². The number of pyridine rings is 1. The van der Waals surface area contributed by atoms with Gasteiger partial charge in [0.2, 0.25) is 0 Å². The Morgan fingerprint density at radius 3 is 2.63 bits per heavy atom.